The molecule has 0 bridgehead atoms. The summed E-state index contributed by atoms with van der Waals surface area (Å²) in [5, 5.41) is 16.5. The van der Waals surface area contributed by atoms with Gasteiger partial charge in [-0.1, -0.05) is 0 Å². The van der Waals surface area contributed by atoms with Gasteiger partial charge < -0.3 is 0 Å². The maximum absolute atomic E-state index is 8.24. The smallest absolute Gasteiger partial charge is 0.195 e. The normalized spacial score (nSPS) is 8.33. The van der Waals surface area contributed by atoms with E-state index in [-0.39, 0.29) is 0 Å². The van der Waals surface area contributed by atoms with Gasteiger partial charge in [-0.2, -0.15) is 10.5 Å². The van der Waals surface area contributed by atoms with Gasteiger partial charge in [-0.3, -0.25) is 0 Å². The summed E-state index contributed by atoms with van der Waals surface area (Å²) in [5.41, 5.74) is 0. The van der Waals surface area contributed by atoms with Crippen LogP contribution in [-0.2, 0) is 0 Å². The molecule has 0 unspecified atom stereocenters. The Labute approximate surface area is 81.7 Å². The predicted octanol–water partition coefficient (Wildman–Crippen LogP) is 1.64. The molecule has 6 heteroatoms. The van der Waals surface area contributed by atoms with Crippen molar-refractivity contribution >= 4 is 23.6 Å². The Balaban J connectivity index is 3.24. The molecule has 0 aliphatic heterocycles. The molecule has 4 nitrogen and oxygen atoms in total. The molecule has 0 aromatic rings. The van der Waals surface area contributed by atoms with Crippen molar-refractivity contribution in [3.05, 3.63) is 0 Å². The maximum Gasteiger partial charge on any atom is 0.195 e. The zero-order chi connectivity index (χ0) is 9.40. The van der Waals surface area contributed by atoms with Crippen LogP contribution in [0.2, 0.25) is 0 Å². The second-order valence-corrected chi connectivity index (χ2v) is 2.89. The summed E-state index contributed by atoms with van der Waals surface area (Å²) in [4.78, 5) is 0. The summed E-state index contributed by atoms with van der Waals surface area (Å²) >= 11 is 10.8. The van der Waals surface area contributed by atoms with Crippen LogP contribution in [0.4, 0.5) is 0 Å². The van der Waals surface area contributed by atoms with E-state index >= 15 is 0 Å². The van der Waals surface area contributed by atoms with Crippen LogP contribution in [0.25, 0.3) is 0 Å². The van der Waals surface area contributed by atoms with Crippen molar-refractivity contribution in [3.8, 4) is 12.4 Å². The molecule has 66 valence electrons. The lowest BCUT2D eigenvalue weighted by Gasteiger charge is -2.06. The lowest BCUT2D eigenvalue weighted by molar-refractivity contribution is 0.515. The number of unbranched alkanes of at least 4 members (excludes halogenated alkanes) is 1. The second kappa shape index (κ2) is 6.84. The fraction of sp³-hybridized carbons (Fsp3) is 0.667. The molecule has 0 aromatic carbocycles. The molecule has 0 saturated heterocycles. The zero-order valence-corrected chi connectivity index (χ0v) is 7.89. The molecule has 0 amide bonds. The first kappa shape index (κ1) is 11.2. The molecule has 0 rings (SSSR count). The lowest BCUT2D eigenvalue weighted by atomic mass is 10.3. The monoisotopic (exact) mass is 206 g/mol. The summed E-state index contributed by atoms with van der Waals surface area (Å²) in [6.45, 7) is 0.961. The lowest BCUT2D eigenvalue weighted by Crippen LogP contribution is -2.10. The summed E-state index contributed by atoms with van der Waals surface area (Å²) in [5.74, 6) is 0. The number of nitriles is 2. The minimum Gasteiger partial charge on any atom is -0.221 e. The van der Waals surface area contributed by atoms with E-state index in [2.05, 4.69) is 0 Å². The highest BCUT2D eigenvalue weighted by molar-refractivity contribution is 6.14. The van der Waals surface area contributed by atoms with Crippen LogP contribution in [-0.4, -0.2) is 21.9 Å². The van der Waals surface area contributed by atoms with Crippen LogP contribution in [0.5, 0.6) is 0 Å². The van der Waals surface area contributed by atoms with Crippen LogP contribution < -0.4 is 0 Å². The van der Waals surface area contributed by atoms with Crippen LogP contribution in [0.15, 0.2) is 0 Å². The summed E-state index contributed by atoms with van der Waals surface area (Å²) in [6, 6.07) is 0. The first-order chi connectivity index (χ1) is 5.70. The van der Waals surface area contributed by atoms with E-state index in [4.69, 9.17) is 34.1 Å². The maximum atomic E-state index is 8.24. The minimum absolute atomic E-state index is 0.480. The molecule has 0 heterocycles. The molecule has 0 N–H and O–H groups in total. The Morgan fingerprint density at radius 2 is 1.25 bits per heavy atom. The SMILES string of the molecule is N#CN(Cl)CCCCN(Cl)C#N. The van der Waals surface area contributed by atoms with Gasteiger partial charge in [-0.25, -0.2) is 8.84 Å². The quantitative estimate of drug-likeness (QED) is 0.297. The molecular weight excluding hydrogens is 199 g/mol. The van der Waals surface area contributed by atoms with E-state index in [1.807, 2.05) is 0 Å². The van der Waals surface area contributed by atoms with Gasteiger partial charge in [-0.15, -0.1) is 0 Å². The van der Waals surface area contributed by atoms with Gasteiger partial charge in [0.25, 0.3) is 0 Å². The van der Waals surface area contributed by atoms with Crippen molar-refractivity contribution in [3.63, 3.8) is 0 Å². The van der Waals surface area contributed by atoms with Gasteiger partial charge >= 0.3 is 0 Å². The number of rotatable bonds is 5. The molecule has 0 saturated carbocycles. The second-order valence-electron chi connectivity index (χ2n) is 2.08. The highest BCUT2D eigenvalue weighted by Gasteiger charge is 1.98. The molecule has 12 heavy (non-hydrogen) atoms. The van der Waals surface area contributed by atoms with Crippen molar-refractivity contribution in [2.45, 2.75) is 12.8 Å². The van der Waals surface area contributed by atoms with E-state index < -0.39 is 0 Å². The van der Waals surface area contributed by atoms with Gasteiger partial charge in [-0.05, 0) is 12.8 Å². The number of hydrogen-bond acceptors (Lipinski definition) is 4. The molecular formula is C6H8Cl2N4. The van der Waals surface area contributed by atoms with Crippen molar-refractivity contribution in [2.75, 3.05) is 13.1 Å². The molecule has 0 aromatic heterocycles. The van der Waals surface area contributed by atoms with Crippen molar-refractivity contribution in [2.24, 2.45) is 0 Å². The van der Waals surface area contributed by atoms with Gasteiger partial charge in [0.05, 0.1) is 0 Å². The van der Waals surface area contributed by atoms with Gasteiger partial charge in [0.2, 0.25) is 0 Å². The van der Waals surface area contributed by atoms with Gasteiger partial charge in [0.15, 0.2) is 12.4 Å². The van der Waals surface area contributed by atoms with Crippen LogP contribution in [0.1, 0.15) is 12.8 Å². The molecule has 0 aliphatic carbocycles. The van der Waals surface area contributed by atoms with Gasteiger partial charge in [0, 0.05) is 36.6 Å². The van der Waals surface area contributed by atoms with Crippen LogP contribution >= 0.6 is 23.6 Å². The van der Waals surface area contributed by atoms with E-state index in [0.717, 1.165) is 21.7 Å². The first-order valence-electron chi connectivity index (χ1n) is 3.36. The minimum atomic E-state index is 0.480. The molecule has 0 aliphatic rings. The average molecular weight is 207 g/mol. The average Bonchev–Trinajstić information content (AvgIpc) is 2.11. The van der Waals surface area contributed by atoms with Crippen molar-refractivity contribution in [1.82, 2.24) is 8.84 Å². The zero-order valence-electron chi connectivity index (χ0n) is 6.37. The third kappa shape index (κ3) is 5.91. The van der Waals surface area contributed by atoms with E-state index in [1.165, 1.54) is 0 Å². The molecule has 0 atom stereocenters. The van der Waals surface area contributed by atoms with Crippen LogP contribution in [0.3, 0.4) is 0 Å². The number of halogens is 2. The largest absolute Gasteiger partial charge is 0.221 e. The Morgan fingerprint density at radius 1 is 0.917 bits per heavy atom. The highest BCUT2D eigenvalue weighted by Crippen LogP contribution is 2.00. The third-order valence-corrected chi connectivity index (χ3v) is 1.67. The molecule has 0 spiro atoms. The topological polar surface area (TPSA) is 54.1 Å². The van der Waals surface area contributed by atoms with Crippen LogP contribution in [0, 0.1) is 22.9 Å². The van der Waals surface area contributed by atoms with E-state index in [0.29, 0.717) is 13.1 Å². The molecule has 0 radical (unpaired) electrons. The third-order valence-electron chi connectivity index (χ3n) is 1.18. The number of hydrogen-bond donors (Lipinski definition) is 0. The summed E-state index contributed by atoms with van der Waals surface area (Å²) in [6.07, 6.45) is 4.98. The number of nitrogens with zero attached hydrogens (tertiary/aromatic N) is 4. The Kier molecular flexibility index (Phi) is 6.37. The standard InChI is InChI=1S/C6H8Cl2N4/c7-11(5-9)3-1-2-4-12(8)6-10/h1-4H2. The summed E-state index contributed by atoms with van der Waals surface area (Å²) in [7, 11) is 0. The molecule has 0 fully saturated rings. The van der Waals surface area contributed by atoms with Crippen molar-refractivity contribution < 1.29 is 0 Å². The fourth-order valence-electron chi connectivity index (χ4n) is 0.601. The van der Waals surface area contributed by atoms with Crippen molar-refractivity contribution in [1.29, 1.82) is 10.5 Å². The van der Waals surface area contributed by atoms with E-state index in [9.17, 15) is 0 Å². The Bertz CT molecular complexity index is 173. The summed E-state index contributed by atoms with van der Waals surface area (Å²) < 4.78 is 2.04. The Morgan fingerprint density at radius 3 is 1.50 bits per heavy atom. The predicted molar refractivity (Wildman–Crippen MR) is 45.6 cm³/mol. The Hall–Kier alpha value is -0.840. The van der Waals surface area contributed by atoms with E-state index in [1.54, 1.807) is 12.4 Å². The van der Waals surface area contributed by atoms with Gasteiger partial charge in [0.1, 0.15) is 0 Å². The fourth-order valence-corrected chi connectivity index (χ4v) is 0.840. The highest BCUT2D eigenvalue weighted by atomic mass is 35.5. The first-order valence-corrected chi connectivity index (χ1v) is 4.04.